The molecule has 3 fully saturated rings. The normalized spacial score (nSPS) is 43.1. The zero-order valence-corrected chi connectivity index (χ0v) is 18.1. The smallest absolute Gasteiger partial charge is 0.374 e. The second-order valence-corrected chi connectivity index (χ2v) is 10.3. The van der Waals surface area contributed by atoms with Crippen LogP contribution in [0.1, 0.15) is 82.7 Å². The van der Waals surface area contributed by atoms with Crippen LogP contribution in [-0.4, -0.2) is 11.6 Å². The molecule has 1 heterocycles. The van der Waals surface area contributed by atoms with Crippen LogP contribution in [0.3, 0.4) is 0 Å². The molecule has 0 amide bonds. The third kappa shape index (κ3) is 2.58. The highest BCUT2D eigenvalue weighted by molar-refractivity contribution is 5.86. The lowest BCUT2D eigenvalue weighted by Gasteiger charge is -2.58. The molecule has 0 aromatic carbocycles. The largest absolute Gasteiger partial charge is 0.457 e. The van der Waals surface area contributed by atoms with Crippen molar-refractivity contribution in [3.05, 3.63) is 48.0 Å². The highest BCUT2D eigenvalue weighted by Crippen LogP contribution is 2.68. The van der Waals surface area contributed by atoms with Crippen molar-refractivity contribution in [1.29, 1.82) is 0 Å². The Morgan fingerprint density at radius 1 is 1.21 bits per heavy atom. The van der Waals surface area contributed by atoms with E-state index in [0.717, 1.165) is 37.5 Å². The molecule has 156 valence electrons. The first-order chi connectivity index (χ1) is 13.9. The number of furan rings is 1. The maximum absolute atomic E-state index is 12.8. The standard InChI is InChI=1S/C26H34O3/c1-4-26(29-23(27)22-9-7-17-28-22)16-13-21-19-11-10-18-8-5-6-14-24(18,2)20(19)12-15-25(21,26)3/h6-9,14,17,19-21H,4-5,10-13,15-16H2,1-3H3/t19-,20+,21+,24+,25+,26-/m1/s1. The van der Waals surface area contributed by atoms with Crippen molar-refractivity contribution in [3.63, 3.8) is 0 Å². The molecule has 1 aromatic rings. The summed E-state index contributed by atoms with van der Waals surface area (Å²) in [6, 6.07) is 3.47. The number of allylic oxidation sites excluding steroid dienone is 4. The summed E-state index contributed by atoms with van der Waals surface area (Å²) in [5.74, 6) is 2.13. The Morgan fingerprint density at radius 3 is 2.79 bits per heavy atom. The Kier molecular flexibility index (Phi) is 4.38. The summed E-state index contributed by atoms with van der Waals surface area (Å²) in [7, 11) is 0. The molecule has 1 aromatic heterocycles. The molecule has 3 heteroatoms. The zero-order valence-electron chi connectivity index (χ0n) is 18.1. The van der Waals surface area contributed by atoms with Crippen molar-refractivity contribution >= 4 is 5.97 Å². The molecule has 0 spiro atoms. The zero-order chi connectivity index (χ0) is 20.3. The van der Waals surface area contributed by atoms with E-state index in [1.54, 1.807) is 24.0 Å². The Hall–Kier alpha value is -1.77. The minimum atomic E-state index is -0.369. The molecular weight excluding hydrogens is 360 g/mol. The molecule has 0 radical (unpaired) electrons. The lowest BCUT2D eigenvalue weighted by atomic mass is 9.47. The maximum Gasteiger partial charge on any atom is 0.374 e. The fourth-order valence-corrected chi connectivity index (χ4v) is 7.88. The number of ether oxygens (including phenoxy) is 1. The lowest BCUT2D eigenvalue weighted by Crippen LogP contribution is -2.55. The van der Waals surface area contributed by atoms with Gasteiger partial charge in [-0.15, -0.1) is 0 Å². The number of rotatable bonds is 3. The van der Waals surface area contributed by atoms with Gasteiger partial charge in [-0.25, -0.2) is 4.79 Å². The van der Waals surface area contributed by atoms with Gasteiger partial charge < -0.3 is 9.15 Å². The Morgan fingerprint density at radius 2 is 2.03 bits per heavy atom. The molecule has 0 N–H and O–H groups in total. The summed E-state index contributed by atoms with van der Waals surface area (Å²) in [5, 5.41) is 0. The van der Waals surface area contributed by atoms with E-state index in [1.807, 2.05) is 0 Å². The molecule has 4 aliphatic rings. The van der Waals surface area contributed by atoms with Crippen molar-refractivity contribution in [2.45, 2.75) is 77.7 Å². The van der Waals surface area contributed by atoms with Gasteiger partial charge in [0.1, 0.15) is 5.60 Å². The van der Waals surface area contributed by atoms with Gasteiger partial charge in [-0.1, -0.05) is 44.6 Å². The topological polar surface area (TPSA) is 39.4 Å². The first-order valence-corrected chi connectivity index (χ1v) is 11.6. The first kappa shape index (κ1) is 19.2. The fourth-order valence-electron chi connectivity index (χ4n) is 7.88. The quantitative estimate of drug-likeness (QED) is 0.422. The highest BCUT2D eigenvalue weighted by Gasteiger charge is 2.65. The summed E-state index contributed by atoms with van der Waals surface area (Å²) < 4.78 is 11.7. The van der Waals surface area contributed by atoms with Gasteiger partial charge in [0.2, 0.25) is 5.76 Å². The Labute approximate surface area is 174 Å². The van der Waals surface area contributed by atoms with Crippen LogP contribution in [0.5, 0.6) is 0 Å². The Balaban J connectivity index is 1.45. The van der Waals surface area contributed by atoms with Crippen LogP contribution >= 0.6 is 0 Å². The minimum absolute atomic E-state index is 0.0567. The van der Waals surface area contributed by atoms with E-state index < -0.39 is 0 Å². The molecule has 29 heavy (non-hydrogen) atoms. The monoisotopic (exact) mass is 394 g/mol. The highest BCUT2D eigenvalue weighted by atomic mass is 16.6. The van der Waals surface area contributed by atoms with Crippen molar-refractivity contribution in [2.75, 3.05) is 0 Å². The second kappa shape index (κ2) is 6.62. The van der Waals surface area contributed by atoms with E-state index >= 15 is 0 Å². The molecule has 0 bridgehead atoms. The lowest BCUT2D eigenvalue weighted by molar-refractivity contribution is -0.130. The molecule has 6 atom stereocenters. The van der Waals surface area contributed by atoms with E-state index in [1.165, 1.54) is 25.7 Å². The van der Waals surface area contributed by atoms with Crippen LogP contribution < -0.4 is 0 Å². The van der Waals surface area contributed by atoms with Gasteiger partial charge in [-0.3, -0.25) is 0 Å². The fraction of sp³-hybridized carbons (Fsp3) is 0.654. The van der Waals surface area contributed by atoms with Crippen LogP contribution in [0.4, 0.5) is 0 Å². The predicted molar refractivity (Wildman–Crippen MR) is 113 cm³/mol. The van der Waals surface area contributed by atoms with E-state index in [-0.39, 0.29) is 22.4 Å². The van der Waals surface area contributed by atoms with E-state index in [0.29, 0.717) is 11.7 Å². The molecule has 3 saturated carbocycles. The minimum Gasteiger partial charge on any atom is -0.457 e. The molecule has 0 saturated heterocycles. The van der Waals surface area contributed by atoms with Gasteiger partial charge in [0.25, 0.3) is 0 Å². The third-order valence-corrected chi connectivity index (χ3v) is 9.48. The maximum atomic E-state index is 12.8. The van der Waals surface area contributed by atoms with Gasteiger partial charge in [-0.05, 0) is 81.3 Å². The van der Waals surface area contributed by atoms with E-state index in [2.05, 4.69) is 39.0 Å². The number of hydrogen-bond donors (Lipinski definition) is 0. The van der Waals surface area contributed by atoms with Gasteiger partial charge in [0.15, 0.2) is 0 Å². The number of hydrogen-bond acceptors (Lipinski definition) is 3. The van der Waals surface area contributed by atoms with E-state index in [4.69, 9.17) is 9.15 Å². The van der Waals surface area contributed by atoms with Crippen LogP contribution in [0.15, 0.2) is 46.6 Å². The predicted octanol–water partition coefficient (Wildman–Crippen LogP) is 6.71. The van der Waals surface area contributed by atoms with Crippen LogP contribution in [-0.2, 0) is 4.74 Å². The molecule has 0 aliphatic heterocycles. The number of carbonyl (C=O) groups is 1. The van der Waals surface area contributed by atoms with Crippen molar-refractivity contribution in [1.82, 2.24) is 0 Å². The average Bonchev–Trinajstić information content (AvgIpc) is 3.35. The van der Waals surface area contributed by atoms with Gasteiger partial charge in [0.05, 0.1) is 6.26 Å². The van der Waals surface area contributed by atoms with Crippen LogP contribution in [0.2, 0.25) is 0 Å². The Bertz CT molecular complexity index is 849. The molecular formula is C26H34O3. The van der Waals surface area contributed by atoms with Crippen molar-refractivity contribution in [3.8, 4) is 0 Å². The first-order valence-electron chi connectivity index (χ1n) is 11.6. The molecule has 0 unspecified atom stereocenters. The second-order valence-electron chi connectivity index (χ2n) is 10.3. The average molecular weight is 395 g/mol. The summed E-state index contributed by atoms with van der Waals surface area (Å²) in [6.07, 6.45) is 18.0. The number of fused-ring (bicyclic) bond motifs is 5. The van der Waals surface area contributed by atoms with Gasteiger partial charge >= 0.3 is 5.97 Å². The van der Waals surface area contributed by atoms with Crippen LogP contribution in [0, 0.1) is 28.6 Å². The third-order valence-electron chi connectivity index (χ3n) is 9.48. The van der Waals surface area contributed by atoms with Crippen LogP contribution in [0.25, 0.3) is 0 Å². The van der Waals surface area contributed by atoms with E-state index in [9.17, 15) is 4.79 Å². The summed E-state index contributed by atoms with van der Waals surface area (Å²) in [4.78, 5) is 12.8. The summed E-state index contributed by atoms with van der Waals surface area (Å²) in [5.41, 5.74) is 1.60. The number of carbonyl (C=O) groups excluding carboxylic acids is 1. The van der Waals surface area contributed by atoms with Gasteiger partial charge in [0, 0.05) is 10.8 Å². The molecule has 3 nitrogen and oxygen atoms in total. The summed E-state index contributed by atoms with van der Waals surface area (Å²) in [6.45, 7) is 7.10. The summed E-state index contributed by atoms with van der Waals surface area (Å²) >= 11 is 0. The number of esters is 1. The molecule has 5 rings (SSSR count). The van der Waals surface area contributed by atoms with Crippen molar-refractivity contribution < 1.29 is 13.9 Å². The molecule has 4 aliphatic carbocycles. The van der Waals surface area contributed by atoms with Crippen molar-refractivity contribution in [2.24, 2.45) is 28.6 Å². The van der Waals surface area contributed by atoms with Gasteiger partial charge in [-0.2, -0.15) is 0 Å². The SMILES string of the molecule is CC[C@@]1(OC(=O)c2ccco2)CC[C@H]2[C@@H]3CCC4=CCC=C[C@]4(C)[C@H]3CC[C@@]21C.